The van der Waals surface area contributed by atoms with Crippen molar-refractivity contribution in [3.05, 3.63) is 40.7 Å². The molecule has 0 radical (unpaired) electrons. The molecule has 2 aliphatic heterocycles. The number of alkyl halides is 1. The van der Waals surface area contributed by atoms with Crippen molar-refractivity contribution in [1.82, 2.24) is 24.0 Å². The van der Waals surface area contributed by atoms with Crippen LogP contribution in [0.4, 0.5) is 9.52 Å². The topological polar surface area (TPSA) is 168 Å². The first-order valence-corrected chi connectivity index (χ1v) is 13.6. The van der Waals surface area contributed by atoms with Gasteiger partial charge in [0.2, 0.25) is 22.7 Å². The zero-order valence-electron chi connectivity index (χ0n) is 19.2. The number of β-lactam (4-membered cyclic amide) rings is 1. The van der Waals surface area contributed by atoms with Gasteiger partial charge < -0.3 is 21.0 Å². The summed E-state index contributed by atoms with van der Waals surface area (Å²) in [6, 6.07) is -1.03. The Bertz CT molecular complexity index is 1460. The van der Waals surface area contributed by atoms with Crippen molar-refractivity contribution in [2.45, 2.75) is 31.3 Å². The number of carboxylic acid groups (broad SMARTS) is 1. The molecule has 2 aliphatic rings. The number of carboxylic acids is 1. The highest BCUT2D eigenvalue weighted by Gasteiger charge is 2.54. The number of anilines is 1. The molecule has 17 heteroatoms. The number of thioether (sulfide) groups is 1. The summed E-state index contributed by atoms with van der Waals surface area (Å²) in [6.45, 7) is 1.07. The Labute approximate surface area is 220 Å². The van der Waals surface area contributed by atoms with E-state index >= 15 is 0 Å². The zero-order chi connectivity index (χ0) is 26.3. The van der Waals surface area contributed by atoms with E-state index in [1.165, 1.54) is 16.7 Å². The molecule has 1 saturated heterocycles. The first-order valence-electron chi connectivity index (χ1n) is 10.9. The number of carbonyl (C=O) groups excluding carboxylic acids is 2. The summed E-state index contributed by atoms with van der Waals surface area (Å²) in [7, 11) is 0. The van der Waals surface area contributed by atoms with Crippen LogP contribution in [0, 0.1) is 0 Å². The van der Waals surface area contributed by atoms with E-state index in [1.54, 1.807) is 11.3 Å². The number of fused-ring (bicyclic) bond motifs is 2. The van der Waals surface area contributed by atoms with Crippen molar-refractivity contribution in [2.24, 2.45) is 5.16 Å². The maximum Gasteiger partial charge on any atom is 0.352 e. The third kappa shape index (κ3) is 4.53. The highest BCUT2D eigenvalue weighted by molar-refractivity contribution is 8.00. The molecule has 4 N–H and O–H groups in total. The summed E-state index contributed by atoms with van der Waals surface area (Å²) in [4.78, 5) is 48.5. The van der Waals surface area contributed by atoms with Crippen LogP contribution in [0.25, 0.3) is 4.83 Å². The number of hydrogen-bond donors (Lipinski definition) is 3. The molecule has 2 amide bonds. The lowest BCUT2D eigenvalue weighted by molar-refractivity contribution is -0.687. The van der Waals surface area contributed by atoms with Gasteiger partial charge in [-0.05, 0) is 0 Å². The van der Waals surface area contributed by atoms with Gasteiger partial charge in [0.15, 0.2) is 5.13 Å². The van der Waals surface area contributed by atoms with Crippen LogP contribution < -0.4 is 15.6 Å². The summed E-state index contributed by atoms with van der Waals surface area (Å²) in [5, 5.41) is 17.4. The summed E-state index contributed by atoms with van der Waals surface area (Å²) in [5.41, 5.74) is 6.73. The highest BCUT2D eigenvalue weighted by atomic mass is 32.2. The van der Waals surface area contributed by atoms with Crippen molar-refractivity contribution < 1.29 is 33.3 Å². The molecule has 0 aromatic carbocycles. The molecule has 3 aromatic rings. The molecular formula is C20H20FN8O5S3+. The minimum absolute atomic E-state index is 0.0556. The predicted molar refractivity (Wildman–Crippen MR) is 132 cm³/mol. The number of hydrogen-bond acceptors (Lipinski definition) is 11. The molecule has 194 valence electrons. The van der Waals surface area contributed by atoms with Gasteiger partial charge >= 0.3 is 5.97 Å². The van der Waals surface area contributed by atoms with Crippen LogP contribution >= 0.6 is 34.6 Å². The molecular weight excluding hydrogens is 547 g/mol. The Morgan fingerprint density at radius 1 is 1.46 bits per heavy atom. The smallest absolute Gasteiger partial charge is 0.352 e. The highest BCUT2D eigenvalue weighted by Crippen LogP contribution is 2.40. The fourth-order valence-electron chi connectivity index (χ4n) is 4.11. The number of halogens is 1. The molecule has 0 aliphatic carbocycles. The van der Waals surface area contributed by atoms with Crippen LogP contribution in [0.3, 0.4) is 0 Å². The third-order valence-electron chi connectivity index (χ3n) is 5.75. The number of nitrogens with zero attached hydrogens (tertiary/aromatic N) is 6. The number of imidazole rings is 1. The van der Waals surface area contributed by atoms with Gasteiger partial charge in [-0.25, -0.2) is 13.8 Å². The molecule has 3 aromatic heterocycles. The number of nitrogens with two attached hydrogens (primary N) is 1. The summed E-state index contributed by atoms with van der Waals surface area (Å²) in [6.07, 6.45) is 4.71. The lowest BCUT2D eigenvalue weighted by Crippen LogP contribution is -2.71. The van der Waals surface area contributed by atoms with Crippen molar-refractivity contribution in [3.63, 3.8) is 0 Å². The molecule has 5 rings (SSSR count). The molecule has 0 saturated carbocycles. The Kier molecular flexibility index (Phi) is 6.82. The van der Waals surface area contributed by atoms with Crippen molar-refractivity contribution >= 4 is 68.1 Å². The Morgan fingerprint density at radius 3 is 2.95 bits per heavy atom. The minimum Gasteiger partial charge on any atom is -0.477 e. The summed E-state index contributed by atoms with van der Waals surface area (Å²) in [5.74, 6) is -2.54. The molecule has 13 nitrogen and oxygen atoms in total. The van der Waals surface area contributed by atoms with Gasteiger partial charge in [-0.2, -0.15) is 13.8 Å². The monoisotopic (exact) mass is 567 g/mol. The van der Waals surface area contributed by atoms with Crippen molar-refractivity contribution in [1.29, 1.82) is 0 Å². The predicted octanol–water partition coefficient (Wildman–Crippen LogP) is 0.371. The Morgan fingerprint density at radius 2 is 2.27 bits per heavy atom. The number of amides is 2. The van der Waals surface area contributed by atoms with E-state index in [4.69, 9.17) is 5.73 Å². The molecule has 5 heterocycles. The quantitative estimate of drug-likeness (QED) is 0.143. The average molecular weight is 568 g/mol. The van der Waals surface area contributed by atoms with Gasteiger partial charge in [-0.1, -0.05) is 23.4 Å². The number of carbonyl (C=O) groups is 3. The fraction of sp³-hybridized carbons (Fsp3) is 0.350. The molecule has 2 atom stereocenters. The SMILES string of the molecule is CCc1csc2c[n+](CC3=C(C(=O)O)N4C(=O)[C@@H](NC(=O)/C(=N\OCF)c5nsc(N)n5)[C@H]4SC3)cn12. The van der Waals surface area contributed by atoms with Crippen molar-refractivity contribution in [3.8, 4) is 0 Å². The van der Waals surface area contributed by atoms with Gasteiger partial charge in [0.25, 0.3) is 18.7 Å². The zero-order valence-corrected chi connectivity index (χ0v) is 21.6. The fourth-order valence-corrected chi connectivity index (χ4v) is 6.89. The van der Waals surface area contributed by atoms with Crippen LogP contribution in [0.5, 0.6) is 0 Å². The maximum absolute atomic E-state index is 13.0. The first kappa shape index (κ1) is 25.1. The standard InChI is InChI=1S/C20H19FN8O5S3/c1-2-10-6-35-11-4-27(8-28(10)11)3-9-5-36-18-13(17(31)29(18)14(9)19(32)33)23-16(30)12(25-34-7-21)15-24-20(22)37-26-15/h4,6,8,13,18H,2-3,5,7H2,1H3,(H3-,22,23,24,26,30,32,33)/p+1/b25-12-/t13-,18-/m1/s1. The number of nitrogens with one attached hydrogen (secondary N) is 1. The van der Waals surface area contributed by atoms with Gasteiger partial charge in [-0.3, -0.25) is 14.5 Å². The Hall–Kier alpha value is -3.57. The number of rotatable bonds is 9. The van der Waals surface area contributed by atoms with Crippen LogP contribution in [0.1, 0.15) is 18.4 Å². The molecule has 0 unspecified atom stereocenters. The van der Waals surface area contributed by atoms with E-state index in [9.17, 15) is 23.9 Å². The second-order valence-electron chi connectivity index (χ2n) is 7.96. The van der Waals surface area contributed by atoms with Crippen LogP contribution in [-0.4, -0.2) is 71.3 Å². The van der Waals surface area contributed by atoms with E-state index in [2.05, 4.69) is 41.4 Å². The minimum atomic E-state index is -1.29. The normalized spacial score (nSPS) is 19.7. The van der Waals surface area contributed by atoms with E-state index in [0.717, 1.165) is 28.5 Å². The van der Waals surface area contributed by atoms with Crippen LogP contribution in [-0.2, 0) is 32.2 Å². The maximum atomic E-state index is 13.0. The molecule has 0 bridgehead atoms. The largest absolute Gasteiger partial charge is 0.477 e. The summed E-state index contributed by atoms with van der Waals surface area (Å²) < 4.78 is 20.3. The molecule has 0 spiro atoms. The van der Waals surface area contributed by atoms with E-state index in [1.807, 2.05) is 17.1 Å². The van der Waals surface area contributed by atoms with Crippen molar-refractivity contribution in [2.75, 3.05) is 18.3 Å². The number of thiazole rings is 1. The number of aromatic nitrogens is 4. The number of oxime groups is 1. The molecule has 37 heavy (non-hydrogen) atoms. The second-order valence-corrected chi connectivity index (χ2v) is 10.7. The number of aryl methyl sites for hydroxylation is 1. The van der Waals surface area contributed by atoms with Gasteiger partial charge in [0.05, 0.1) is 0 Å². The average Bonchev–Trinajstić information content (AvgIpc) is 3.58. The van der Waals surface area contributed by atoms with Crippen LogP contribution in [0.2, 0.25) is 0 Å². The lowest BCUT2D eigenvalue weighted by Gasteiger charge is -2.49. The van der Waals surface area contributed by atoms with Crippen LogP contribution in [0.15, 0.2) is 34.3 Å². The lowest BCUT2D eigenvalue weighted by atomic mass is 10.0. The first-order chi connectivity index (χ1) is 17.8. The van der Waals surface area contributed by atoms with Gasteiger partial charge in [-0.15, -0.1) is 11.8 Å². The van der Waals surface area contributed by atoms with Gasteiger partial charge in [0.1, 0.15) is 35.5 Å². The third-order valence-corrected chi connectivity index (χ3v) is 8.56. The van der Waals surface area contributed by atoms with Gasteiger partial charge in [0, 0.05) is 34.7 Å². The second kappa shape index (κ2) is 10.1. The summed E-state index contributed by atoms with van der Waals surface area (Å²) >= 11 is 3.73. The Balaban J connectivity index is 1.35. The van der Waals surface area contributed by atoms with E-state index in [0.29, 0.717) is 17.9 Å². The number of aliphatic carboxylic acids is 1. The number of nitrogen functional groups attached to an aromatic ring is 1. The van der Waals surface area contributed by atoms with E-state index < -0.39 is 41.8 Å². The van der Waals surface area contributed by atoms with E-state index in [-0.39, 0.29) is 16.7 Å². The molecule has 1 fully saturated rings.